The van der Waals surface area contributed by atoms with Gasteiger partial charge in [0.1, 0.15) is 17.5 Å². The van der Waals surface area contributed by atoms with E-state index in [1.165, 1.54) is 18.3 Å². The predicted molar refractivity (Wildman–Crippen MR) is 115 cm³/mol. The van der Waals surface area contributed by atoms with Crippen molar-refractivity contribution in [2.24, 2.45) is 0 Å². The number of amides is 1. The van der Waals surface area contributed by atoms with Crippen molar-refractivity contribution in [1.29, 1.82) is 0 Å². The van der Waals surface area contributed by atoms with Gasteiger partial charge < -0.3 is 9.88 Å². The molecule has 1 aliphatic heterocycles. The van der Waals surface area contributed by atoms with Gasteiger partial charge in [-0.25, -0.2) is 13.8 Å². The molecule has 10 nitrogen and oxygen atoms in total. The van der Waals surface area contributed by atoms with Crippen LogP contribution in [0.3, 0.4) is 0 Å². The molecule has 1 N–H and O–H groups in total. The lowest BCUT2D eigenvalue weighted by molar-refractivity contribution is -0.387. The van der Waals surface area contributed by atoms with Crippen LogP contribution in [-0.4, -0.2) is 34.9 Å². The van der Waals surface area contributed by atoms with Crippen LogP contribution in [0, 0.1) is 21.7 Å². The minimum Gasteiger partial charge on any atom is -0.325 e. The van der Waals surface area contributed by atoms with Gasteiger partial charge in [0, 0.05) is 24.2 Å². The number of imidazole rings is 1. The minimum absolute atomic E-state index is 0.0695. The van der Waals surface area contributed by atoms with Crippen LogP contribution in [0.2, 0.25) is 0 Å². The molecule has 0 saturated carbocycles. The highest BCUT2D eigenvalue weighted by molar-refractivity contribution is 7.87. The van der Waals surface area contributed by atoms with Crippen LogP contribution in [0.5, 0.6) is 0 Å². The summed E-state index contributed by atoms with van der Waals surface area (Å²) >= 11 is 0. The number of fused-ring (bicyclic) bond motifs is 1. The third-order valence-corrected chi connectivity index (χ3v) is 6.75. The van der Waals surface area contributed by atoms with Crippen LogP contribution in [0.4, 0.5) is 20.3 Å². The van der Waals surface area contributed by atoms with Gasteiger partial charge in [-0.3, -0.25) is 19.1 Å². The molecule has 0 bridgehead atoms. The van der Waals surface area contributed by atoms with Gasteiger partial charge in [0.05, 0.1) is 11.0 Å². The van der Waals surface area contributed by atoms with E-state index in [1.807, 2.05) is 0 Å². The fraction of sp³-hybridized carbons (Fsp3) is 0.238. The van der Waals surface area contributed by atoms with E-state index in [0.29, 0.717) is 18.7 Å². The Bertz CT molecular complexity index is 1390. The minimum atomic E-state index is -4.63. The fourth-order valence-electron chi connectivity index (χ4n) is 3.76. The molecule has 1 aromatic heterocycles. The van der Waals surface area contributed by atoms with Crippen molar-refractivity contribution in [2.75, 3.05) is 5.32 Å². The van der Waals surface area contributed by atoms with Gasteiger partial charge in [0.2, 0.25) is 0 Å². The normalized spacial score (nSPS) is 16.1. The van der Waals surface area contributed by atoms with Crippen molar-refractivity contribution < 1.29 is 31.1 Å². The molecular weight excluding hydrogens is 474 g/mol. The van der Waals surface area contributed by atoms with E-state index in [0.717, 1.165) is 37.3 Å². The summed E-state index contributed by atoms with van der Waals surface area (Å²) in [5.74, 6) is -1.41. The number of anilines is 1. The van der Waals surface area contributed by atoms with E-state index < -0.39 is 55.3 Å². The molecule has 0 saturated heterocycles. The van der Waals surface area contributed by atoms with Crippen LogP contribution in [0.15, 0.2) is 53.6 Å². The number of carbonyl (C=O) groups excluding carboxylic acids is 1. The molecule has 1 amide bonds. The molecule has 0 aliphatic carbocycles. The Balaban J connectivity index is 1.49. The number of halogens is 2. The molecule has 2 atom stereocenters. The number of nitro groups is 1. The molecule has 178 valence electrons. The third-order valence-electron chi connectivity index (χ3n) is 5.33. The van der Waals surface area contributed by atoms with E-state index >= 15 is 0 Å². The number of para-hydroxylation sites is 1. The molecule has 4 rings (SSSR count). The largest absolute Gasteiger partial charge is 0.325 e. The van der Waals surface area contributed by atoms with Crippen LogP contribution in [-0.2, 0) is 25.5 Å². The number of benzene rings is 2. The van der Waals surface area contributed by atoms with Gasteiger partial charge in [0.25, 0.3) is 11.6 Å². The maximum absolute atomic E-state index is 14.2. The number of carbonyl (C=O) groups is 1. The fourth-order valence-corrected chi connectivity index (χ4v) is 4.98. The quantitative estimate of drug-likeness (QED) is 0.304. The summed E-state index contributed by atoms with van der Waals surface area (Å²) in [6.07, 6.45) is 0.843. The smallest absolute Gasteiger partial charge is 0.304 e. The lowest BCUT2D eigenvalue weighted by Gasteiger charge is -2.15. The lowest BCUT2D eigenvalue weighted by Crippen LogP contribution is -2.30. The number of hydrogen-bond donors (Lipinski definition) is 1. The Morgan fingerprint density at radius 1 is 1.29 bits per heavy atom. The summed E-state index contributed by atoms with van der Waals surface area (Å²) in [7, 11) is -4.63. The van der Waals surface area contributed by atoms with E-state index in [2.05, 4.69) is 10.3 Å². The monoisotopic (exact) mass is 492 g/mol. The molecule has 0 spiro atoms. The number of hydrogen-bond acceptors (Lipinski definition) is 7. The first-order chi connectivity index (χ1) is 16.1. The second-order valence-electron chi connectivity index (χ2n) is 7.58. The molecule has 0 radical (unpaired) electrons. The Labute approximate surface area is 192 Å². The van der Waals surface area contributed by atoms with Crippen LogP contribution < -0.4 is 5.32 Å². The van der Waals surface area contributed by atoms with Crippen molar-refractivity contribution in [2.45, 2.75) is 36.8 Å². The molecular formula is C21H18F2N4O6S. The molecule has 1 unspecified atom stereocenters. The van der Waals surface area contributed by atoms with Gasteiger partial charge in [0.15, 0.2) is 16.8 Å². The number of nitrogens with zero attached hydrogens (tertiary/aromatic N) is 3. The number of aryl methyl sites for hydroxylation is 1. The van der Waals surface area contributed by atoms with E-state index in [1.54, 1.807) is 4.57 Å². The molecule has 3 aromatic rings. The van der Waals surface area contributed by atoms with Gasteiger partial charge in [-0.2, -0.15) is 8.42 Å². The average molecular weight is 492 g/mol. The van der Waals surface area contributed by atoms with Gasteiger partial charge in [-0.05, 0) is 37.6 Å². The zero-order valence-corrected chi connectivity index (χ0v) is 18.5. The first kappa shape index (κ1) is 23.4. The SMILES string of the molecule is C[C@@H](OS(=O)(=O)c1ccccc1[N+](=O)[O-])C(=O)Nc1cn2c(n1)CCC2c1cc(F)ccc1F. The standard InChI is InChI=1S/C21H18F2N4O6S/c1-12(33-34(31,32)18-5-3-2-4-17(18)27(29)30)21(28)25-19-11-26-16(8-9-20(26)24-19)14-10-13(22)6-7-15(14)23/h2-7,10-12,16H,8-9H2,1H3,(H,25,28)/t12-,16?/m1/s1. The zero-order valence-electron chi connectivity index (χ0n) is 17.6. The Morgan fingerprint density at radius 3 is 2.76 bits per heavy atom. The highest BCUT2D eigenvalue weighted by Gasteiger charge is 2.32. The predicted octanol–water partition coefficient (Wildman–Crippen LogP) is 3.34. The first-order valence-corrected chi connectivity index (χ1v) is 11.5. The maximum atomic E-state index is 14.2. The number of nitro benzene ring substituents is 1. The third kappa shape index (κ3) is 4.52. The number of rotatable bonds is 7. The topological polar surface area (TPSA) is 133 Å². The van der Waals surface area contributed by atoms with E-state index in [9.17, 15) is 32.1 Å². The first-order valence-electron chi connectivity index (χ1n) is 10.1. The van der Waals surface area contributed by atoms with Gasteiger partial charge >= 0.3 is 10.1 Å². The van der Waals surface area contributed by atoms with Crippen molar-refractivity contribution >= 4 is 27.5 Å². The highest BCUT2D eigenvalue weighted by Crippen LogP contribution is 2.34. The summed E-state index contributed by atoms with van der Waals surface area (Å²) < 4.78 is 59.3. The summed E-state index contributed by atoms with van der Waals surface area (Å²) in [5.41, 5.74) is -0.530. The maximum Gasteiger partial charge on any atom is 0.304 e. The molecule has 0 fully saturated rings. The lowest BCUT2D eigenvalue weighted by atomic mass is 10.0. The number of nitrogens with one attached hydrogen (secondary N) is 1. The zero-order chi connectivity index (χ0) is 24.6. The number of aromatic nitrogens is 2. The summed E-state index contributed by atoms with van der Waals surface area (Å²) in [6.45, 7) is 1.16. The summed E-state index contributed by atoms with van der Waals surface area (Å²) in [4.78, 5) is 26.3. The molecule has 2 aromatic carbocycles. The van der Waals surface area contributed by atoms with Crippen molar-refractivity contribution in [3.8, 4) is 0 Å². The van der Waals surface area contributed by atoms with Crippen molar-refractivity contribution in [3.05, 3.63) is 81.8 Å². The van der Waals surface area contributed by atoms with Crippen LogP contribution in [0.1, 0.15) is 30.8 Å². The summed E-state index contributed by atoms with van der Waals surface area (Å²) in [5, 5.41) is 13.5. The van der Waals surface area contributed by atoms with Crippen LogP contribution in [0.25, 0.3) is 0 Å². The second-order valence-corrected chi connectivity index (χ2v) is 9.12. The van der Waals surface area contributed by atoms with Gasteiger partial charge in [-0.1, -0.05) is 12.1 Å². The average Bonchev–Trinajstić information content (AvgIpc) is 3.35. The Kier molecular flexibility index (Phi) is 6.15. The van der Waals surface area contributed by atoms with Crippen LogP contribution >= 0.6 is 0 Å². The molecule has 2 heterocycles. The van der Waals surface area contributed by atoms with E-state index in [4.69, 9.17) is 4.18 Å². The Hall–Kier alpha value is -3.71. The second kappa shape index (κ2) is 8.91. The van der Waals surface area contributed by atoms with Crippen molar-refractivity contribution in [3.63, 3.8) is 0 Å². The molecule has 34 heavy (non-hydrogen) atoms. The van der Waals surface area contributed by atoms with E-state index in [-0.39, 0.29) is 11.4 Å². The summed E-state index contributed by atoms with van der Waals surface area (Å²) in [6, 6.07) is 7.25. The molecule has 1 aliphatic rings. The highest BCUT2D eigenvalue weighted by atomic mass is 32.2. The van der Waals surface area contributed by atoms with Crippen molar-refractivity contribution in [1.82, 2.24) is 9.55 Å². The van der Waals surface area contributed by atoms with Gasteiger partial charge in [-0.15, -0.1) is 0 Å². The molecule has 13 heteroatoms. The Morgan fingerprint density at radius 2 is 2.03 bits per heavy atom.